The molecule has 18 heavy (non-hydrogen) atoms. The van der Waals surface area contributed by atoms with Gasteiger partial charge in [0.25, 0.3) is 0 Å². The lowest BCUT2D eigenvalue weighted by Crippen LogP contribution is -2.50. The first-order chi connectivity index (χ1) is 8.65. The number of hydrogen-bond acceptors (Lipinski definition) is 4. The average molecular weight is 245 g/mol. The second-order valence-electron chi connectivity index (χ2n) is 4.43. The second-order valence-corrected chi connectivity index (χ2v) is 4.43. The Labute approximate surface area is 106 Å². The SMILES string of the molecule is CCC1(C(=O)O)CCCN1c1cccnc1C#N. The van der Waals surface area contributed by atoms with E-state index in [2.05, 4.69) is 4.98 Å². The summed E-state index contributed by atoms with van der Waals surface area (Å²) in [6, 6.07) is 5.53. The maximum Gasteiger partial charge on any atom is 0.329 e. The minimum absolute atomic E-state index is 0.290. The number of aromatic nitrogens is 1. The fourth-order valence-electron chi connectivity index (χ4n) is 2.67. The van der Waals surface area contributed by atoms with Gasteiger partial charge in [-0.3, -0.25) is 0 Å². The third-order valence-corrected chi connectivity index (χ3v) is 3.65. The van der Waals surface area contributed by atoms with Gasteiger partial charge in [0, 0.05) is 12.7 Å². The van der Waals surface area contributed by atoms with Crippen molar-refractivity contribution in [1.82, 2.24) is 4.98 Å². The topological polar surface area (TPSA) is 77.2 Å². The standard InChI is InChI=1S/C13H15N3O2/c1-2-13(12(17)18)6-4-8-16(13)11-5-3-7-15-10(11)9-14/h3,5,7H,2,4,6,8H2,1H3,(H,17,18). The highest BCUT2D eigenvalue weighted by Gasteiger charge is 2.47. The van der Waals surface area contributed by atoms with Crippen molar-refractivity contribution in [2.75, 3.05) is 11.4 Å². The molecule has 0 saturated carbocycles. The van der Waals surface area contributed by atoms with Gasteiger partial charge in [-0.1, -0.05) is 6.92 Å². The van der Waals surface area contributed by atoms with Crippen molar-refractivity contribution in [1.29, 1.82) is 5.26 Å². The molecule has 0 spiro atoms. The van der Waals surface area contributed by atoms with E-state index in [9.17, 15) is 9.90 Å². The lowest BCUT2D eigenvalue weighted by atomic mass is 9.92. The minimum atomic E-state index is -0.894. The second kappa shape index (κ2) is 4.65. The predicted octanol–water partition coefficient (Wildman–Crippen LogP) is 1.79. The van der Waals surface area contributed by atoms with Gasteiger partial charge in [0.2, 0.25) is 0 Å². The van der Waals surface area contributed by atoms with Crippen LogP contribution >= 0.6 is 0 Å². The number of pyridine rings is 1. The smallest absolute Gasteiger partial charge is 0.329 e. The number of anilines is 1. The van der Waals surface area contributed by atoms with Crippen LogP contribution in [-0.2, 0) is 4.79 Å². The van der Waals surface area contributed by atoms with Crippen LogP contribution in [-0.4, -0.2) is 28.1 Å². The molecule has 1 aromatic heterocycles. The van der Waals surface area contributed by atoms with E-state index in [-0.39, 0.29) is 0 Å². The van der Waals surface area contributed by atoms with Crippen LogP contribution in [0.25, 0.3) is 0 Å². The van der Waals surface area contributed by atoms with Crippen LogP contribution in [0.1, 0.15) is 31.9 Å². The third kappa shape index (κ3) is 1.70. The van der Waals surface area contributed by atoms with Crippen LogP contribution in [0.15, 0.2) is 18.3 Å². The van der Waals surface area contributed by atoms with E-state index in [4.69, 9.17) is 5.26 Å². The Hall–Kier alpha value is -2.09. The summed E-state index contributed by atoms with van der Waals surface area (Å²) in [4.78, 5) is 17.4. The summed E-state index contributed by atoms with van der Waals surface area (Å²) in [5.41, 5.74) is 0.0227. The molecule has 0 radical (unpaired) electrons. The zero-order chi connectivity index (χ0) is 13.2. The normalized spacial score (nSPS) is 22.8. The summed E-state index contributed by atoms with van der Waals surface area (Å²) in [5.74, 6) is -0.824. The van der Waals surface area contributed by atoms with Crippen molar-refractivity contribution in [3.05, 3.63) is 24.0 Å². The fraction of sp³-hybridized carbons (Fsp3) is 0.462. The van der Waals surface area contributed by atoms with Gasteiger partial charge in [-0.05, 0) is 31.4 Å². The monoisotopic (exact) mass is 245 g/mol. The maximum atomic E-state index is 11.6. The van der Waals surface area contributed by atoms with Crippen molar-refractivity contribution in [2.45, 2.75) is 31.7 Å². The van der Waals surface area contributed by atoms with Gasteiger partial charge in [0.1, 0.15) is 11.6 Å². The van der Waals surface area contributed by atoms with Gasteiger partial charge in [-0.25, -0.2) is 9.78 Å². The molecule has 1 atom stereocenters. The minimum Gasteiger partial charge on any atom is -0.479 e. The van der Waals surface area contributed by atoms with Crippen molar-refractivity contribution < 1.29 is 9.90 Å². The zero-order valence-corrected chi connectivity index (χ0v) is 10.3. The number of nitrogens with zero attached hydrogens (tertiary/aromatic N) is 3. The molecular weight excluding hydrogens is 230 g/mol. The molecule has 1 N–H and O–H groups in total. The zero-order valence-electron chi connectivity index (χ0n) is 10.3. The number of nitriles is 1. The molecule has 94 valence electrons. The molecule has 0 bridgehead atoms. The number of hydrogen-bond donors (Lipinski definition) is 1. The van der Waals surface area contributed by atoms with E-state index in [1.807, 2.05) is 17.9 Å². The molecule has 0 aromatic carbocycles. The van der Waals surface area contributed by atoms with E-state index in [1.54, 1.807) is 18.3 Å². The van der Waals surface area contributed by atoms with Gasteiger partial charge < -0.3 is 10.0 Å². The summed E-state index contributed by atoms with van der Waals surface area (Å²) >= 11 is 0. The van der Waals surface area contributed by atoms with Crippen molar-refractivity contribution >= 4 is 11.7 Å². The van der Waals surface area contributed by atoms with Crippen molar-refractivity contribution in [3.8, 4) is 6.07 Å². The summed E-state index contributed by atoms with van der Waals surface area (Å²) in [7, 11) is 0. The van der Waals surface area contributed by atoms with Crippen LogP contribution in [0, 0.1) is 11.3 Å². The Morgan fingerprint density at radius 1 is 1.72 bits per heavy atom. The first-order valence-electron chi connectivity index (χ1n) is 6.02. The molecule has 0 amide bonds. The van der Waals surface area contributed by atoms with E-state index < -0.39 is 11.5 Å². The molecule has 1 fully saturated rings. The fourth-order valence-corrected chi connectivity index (χ4v) is 2.67. The molecule has 2 heterocycles. The number of carbonyl (C=O) groups is 1. The number of carboxylic acids is 1. The number of carboxylic acid groups (broad SMARTS) is 1. The first-order valence-corrected chi connectivity index (χ1v) is 6.02. The number of aliphatic carboxylic acids is 1. The third-order valence-electron chi connectivity index (χ3n) is 3.65. The summed E-state index contributed by atoms with van der Waals surface area (Å²) in [6.07, 6.45) is 3.49. The Kier molecular flexibility index (Phi) is 3.19. The maximum absolute atomic E-state index is 11.6. The Bertz CT molecular complexity index is 509. The van der Waals surface area contributed by atoms with Gasteiger partial charge in [-0.15, -0.1) is 0 Å². The van der Waals surface area contributed by atoms with Gasteiger partial charge in [0.05, 0.1) is 5.69 Å². The van der Waals surface area contributed by atoms with Crippen molar-refractivity contribution in [3.63, 3.8) is 0 Å². The average Bonchev–Trinajstić information content (AvgIpc) is 2.83. The van der Waals surface area contributed by atoms with E-state index >= 15 is 0 Å². The summed E-state index contributed by atoms with van der Waals surface area (Å²) in [5, 5.41) is 18.6. The lowest BCUT2D eigenvalue weighted by Gasteiger charge is -2.35. The first kappa shape index (κ1) is 12.4. The largest absolute Gasteiger partial charge is 0.479 e. The molecule has 5 nitrogen and oxygen atoms in total. The lowest BCUT2D eigenvalue weighted by molar-refractivity contribution is -0.143. The van der Waals surface area contributed by atoms with Crippen LogP contribution in [0.5, 0.6) is 0 Å². The Morgan fingerprint density at radius 3 is 3.11 bits per heavy atom. The van der Waals surface area contributed by atoms with E-state index in [1.165, 1.54) is 0 Å². The Balaban J connectivity index is 2.50. The molecule has 5 heteroatoms. The summed E-state index contributed by atoms with van der Waals surface area (Å²) in [6.45, 7) is 2.52. The molecule has 1 unspecified atom stereocenters. The van der Waals surface area contributed by atoms with Crippen LogP contribution in [0.4, 0.5) is 5.69 Å². The molecule has 1 aliphatic rings. The predicted molar refractivity (Wildman–Crippen MR) is 66.2 cm³/mol. The highest BCUT2D eigenvalue weighted by molar-refractivity contribution is 5.85. The van der Waals surface area contributed by atoms with Gasteiger partial charge in [0.15, 0.2) is 5.69 Å². The van der Waals surface area contributed by atoms with Crippen LogP contribution in [0.2, 0.25) is 0 Å². The molecule has 0 aliphatic carbocycles. The number of rotatable bonds is 3. The van der Waals surface area contributed by atoms with E-state index in [0.29, 0.717) is 30.8 Å². The van der Waals surface area contributed by atoms with E-state index in [0.717, 1.165) is 6.42 Å². The molecule has 1 aromatic rings. The molecule has 1 saturated heterocycles. The van der Waals surface area contributed by atoms with Crippen LogP contribution < -0.4 is 4.90 Å². The van der Waals surface area contributed by atoms with Crippen molar-refractivity contribution in [2.24, 2.45) is 0 Å². The highest BCUT2D eigenvalue weighted by Crippen LogP contribution is 2.37. The molecule has 1 aliphatic heterocycles. The van der Waals surface area contributed by atoms with Crippen LogP contribution in [0.3, 0.4) is 0 Å². The Morgan fingerprint density at radius 2 is 2.50 bits per heavy atom. The molecule has 2 rings (SSSR count). The summed E-state index contributed by atoms with van der Waals surface area (Å²) < 4.78 is 0. The highest BCUT2D eigenvalue weighted by atomic mass is 16.4. The molecular formula is C13H15N3O2. The van der Waals surface area contributed by atoms with Gasteiger partial charge >= 0.3 is 5.97 Å². The van der Waals surface area contributed by atoms with Gasteiger partial charge in [-0.2, -0.15) is 5.26 Å². The quantitative estimate of drug-likeness (QED) is 0.878.